The molecule has 0 bridgehead atoms. The molecule has 0 radical (unpaired) electrons. The minimum Gasteiger partial charge on any atom is -0.476 e. The largest absolute Gasteiger partial charge is 0.476 e. The number of amides is 2. The number of carboxylic acid groups (broad SMARTS) is 1. The summed E-state index contributed by atoms with van der Waals surface area (Å²) in [6.45, 7) is 6.06. The van der Waals surface area contributed by atoms with Crippen molar-refractivity contribution in [1.82, 2.24) is 24.9 Å². The van der Waals surface area contributed by atoms with Gasteiger partial charge >= 0.3 is 5.97 Å². The number of piperazine rings is 1. The number of aromatic nitrogens is 2. The molecule has 2 aliphatic rings. The first kappa shape index (κ1) is 18.4. The molecule has 3 heterocycles. The van der Waals surface area contributed by atoms with Crippen LogP contribution in [0.2, 0.25) is 0 Å². The van der Waals surface area contributed by atoms with Crippen LogP contribution in [0.15, 0.2) is 0 Å². The minimum atomic E-state index is -1.09. The fraction of sp³-hybridized carbons (Fsp3) is 0.647. The Morgan fingerprint density at radius 2 is 2.08 bits per heavy atom. The second-order valence-electron chi connectivity index (χ2n) is 7.11. The van der Waals surface area contributed by atoms with Gasteiger partial charge in [-0.2, -0.15) is 5.10 Å². The van der Waals surface area contributed by atoms with Crippen molar-refractivity contribution < 1.29 is 19.5 Å². The lowest BCUT2D eigenvalue weighted by atomic mass is 10.0. The summed E-state index contributed by atoms with van der Waals surface area (Å²) in [6.07, 6.45) is 0.657. The van der Waals surface area contributed by atoms with Crippen LogP contribution >= 0.6 is 0 Å². The summed E-state index contributed by atoms with van der Waals surface area (Å²) in [7, 11) is 1.72. The molecule has 9 heteroatoms. The van der Waals surface area contributed by atoms with Crippen molar-refractivity contribution in [3.8, 4) is 0 Å². The summed E-state index contributed by atoms with van der Waals surface area (Å²) < 4.78 is 1.58. The fourth-order valence-electron chi connectivity index (χ4n) is 3.83. The third-order valence-electron chi connectivity index (χ3n) is 5.20. The molecule has 2 aliphatic heterocycles. The Balaban J connectivity index is 1.75. The van der Waals surface area contributed by atoms with E-state index in [1.165, 1.54) is 0 Å². The Kier molecular flexibility index (Phi) is 4.99. The van der Waals surface area contributed by atoms with Gasteiger partial charge in [0.1, 0.15) is 0 Å². The van der Waals surface area contributed by atoms with Gasteiger partial charge in [-0.05, 0) is 13.8 Å². The van der Waals surface area contributed by atoms with E-state index in [1.807, 2.05) is 18.7 Å². The molecule has 0 saturated carbocycles. The minimum absolute atomic E-state index is 0.000726. The molecular weight excluding hydrogens is 338 g/mol. The highest BCUT2D eigenvalue weighted by Gasteiger charge is 2.36. The zero-order valence-electron chi connectivity index (χ0n) is 15.4. The van der Waals surface area contributed by atoms with Crippen molar-refractivity contribution in [1.29, 1.82) is 0 Å². The predicted molar refractivity (Wildman–Crippen MR) is 92.5 cm³/mol. The summed E-state index contributed by atoms with van der Waals surface area (Å²) in [6, 6.07) is -0.311. The lowest BCUT2D eigenvalue weighted by Crippen LogP contribution is -2.58. The molecule has 0 aliphatic carbocycles. The molecule has 1 unspecified atom stereocenters. The van der Waals surface area contributed by atoms with Crippen molar-refractivity contribution in [3.05, 3.63) is 17.0 Å². The molecule has 1 fully saturated rings. The quantitative estimate of drug-likeness (QED) is 0.754. The second kappa shape index (κ2) is 7.06. The van der Waals surface area contributed by atoms with Gasteiger partial charge in [-0.1, -0.05) is 0 Å². The van der Waals surface area contributed by atoms with Crippen molar-refractivity contribution in [3.63, 3.8) is 0 Å². The van der Waals surface area contributed by atoms with Gasteiger partial charge in [-0.3, -0.25) is 19.2 Å². The van der Waals surface area contributed by atoms with Crippen LogP contribution in [-0.4, -0.2) is 74.2 Å². The van der Waals surface area contributed by atoms with E-state index in [1.54, 1.807) is 16.6 Å². The first-order valence-corrected chi connectivity index (χ1v) is 8.88. The molecule has 1 aromatic heterocycles. The monoisotopic (exact) mass is 363 g/mol. The van der Waals surface area contributed by atoms with Gasteiger partial charge in [0.15, 0.2) is 5.69 Å². The van der Waals surface area contributed by atoms with E-state index in [2.05, 4.69) is 10.4 Å². The number of fused-ring (bicyclic) bond motifs is 1. The van der Waals surface area contributed by atoms with Crippen molar-refractivity contribution in [2.24, 2.45) is 7.05 Å². The van der Waals surface area contributed by atoms with Gasteiger partial charge in [-0.15, -0.1) is 0 Å². The van der Waals surface area contributed by atoms with Gasteiger partial charge in [0.25, 0.3) is 0 Å². The van der Waals surface area contributed by atoms with E-state index in [0.717, 1.165) is 12.2 Å². The highest BCUT2D eigenvalue weighted by molar-refractivity contribution is 5.90. The fourth-order valence-corrected chi connectivity index (χ4v) is 3.83. The summed E-state index contributed by atoms with van der Waals surface area (Å²) >= 11 is 0. The standard InChI is InChI=1S/C17H25N5O4/c1-10(2)22-7-5-18-16(24)13(22)8-14(23)21-6-4-12-11(9-21)15(17(25)26)19-20(12)3/h10,13H,4-9H2,1-3H3,(H,18,24)(H,25,26). The van der Waals surface area contributed by atoms with Crippen LogP contribution in [0, 0.1) is 0 Å². The highest BCUT2D eigenvalue weighted by Crippen LogP contribution is 2.24. The van der Waals surface area contributed by atoms with Gasteiger partial charge < -0.3 is 15.3 Å². The zero-order valence-corrected chi connectivity index (χ0v) is 15.4. The number of rotatable bonds is 4. The number of nitrogens with zero attached hydrogens (tertiary/aromatic N) is 4. The number of aryl methyl sites for hydroxylation is 1. The van der Waals surface area contributed by atoms with Crippen LogP contribution in [0.4, 0.5) is 0 Å². The Hall–Kier alpha value is -2.42. The molecule has 0 spiro atoms. The van der Waals surface area contributed by atoms with E-state index in [4.69, 9.17) is 0 Å². The average Bonchev–Trinajstić information content (AvgIpc) is 2.93. The number of hydrogen-bond acceptors (Lipinski definition) is 5. The number of carboxylic acids is 1. The van der Waals surface area contributed by atoms with Crippen molar-refractivity contribution in [2.75, 3.05) is 19.6 Å². The zero-order chi connectivity index (χ0) is 19.0. The van der Waals surface area contributed by atoms with Gasteiger partial charge in [0.05, 0.1) is 12.5 Å². The smallest absolute Gasteiger partial charge is 0.356 e. The normalized spacial score (nSPS) is 20.8. The summed E-state index contributed by atoms with van der Waals surface area (Å²) in [5.74, 6) is -1.35. The van der Waals surface area contributed by atoms with Gasteiger partial charge in [-0.25, -0.2) is 4.79 Å². The molecule has 2 N–H and O–H groups in total. The van der Waals surface area contributed by atoms with Crippen LogP contribution in [0.25, 0.3) is 0 Å². The molecule has 2 amide bonds. The van der Waals surface area contributed by atoms with Crippen LogP contribution in [0.3, 0.4) is 0 Å². The Morgan fingerprint density at radius 3 is 2.73 bits per heavy atom. The van der Waals surface area contributed by atoms with E-state index < -0.39 is 12.0 Å². The Morgan fingerprint density at radius 1 is 1.35 bits per heavy atom. The SMILES string of the molecule is CC(C)N1CCNC(=O)C1CC(=O)N1CCc2c(c(C(=O)O)nn2C)C1. The third kappa shape index (κ3) is 3.31. The van der Waals surface area contributed by atoms with Gasteiger partial charge in [0, 0.05) is 56.9 Å². The summed E-state index contributed by atoms with van der Waals surface area (Å²) in [4.78, 5) is 40.2. The Labute approximate surface area is 151 Å². The predicted octanol–water partition coefficient (Wildman–Crippen LogP) is -0.398. The molecule has 0 aromatic carbocycles. The molecule has 9 nitrogen and oxygen atoms in total. The average molecular weight is 363 g/mol. The molecule has 142 valence electrons. The first-order chi connectivity index (χ1) is 12.3. The maximum Gasteiger partial charge on any atom is 0.356 e. The number of nitrogens with one attached hydrogen (secondary N) is 1. The topological polar surface area (TPSA) is 108 Å². The van der Waals surface area contributed by atoms with Gasteiger partial charge in [0.2, 0.25) is 11.8 Å². The van der Waals surface area contributed by atoms with Crippen LogP contribution < -0.4 is 5.32 Å². The molecule has 1 aromatic rings. The van der Waals surface area contributed by atoms with E-state index in [0.29, 0.717) is 25.1 Å². The summed E-state index contributed by atoms with van der Waals surface area (Å²) in [5, 5.41) is 16.2. The van der Waals surface area contributed by atoms with E-state index in [9.17, 15) is 19.5 Å². The molecular formula is C17H25N5O4. The lowest BCUT2D eigenvalue weighted by molar-refractivity contribution is -0.140. The first-order valence-electron chi connectivity index (χ1n) is 8.88. The number of aromatic carboxylic acids is 1. The summed E-state index contributed by atoms with van der Waals surface area (Å²) in [5.41, 5.74) is 1.44. The maximum absolute atomic E-state index is 12.8. The van der Waals surface area contributed by atoms with Crippen LogP contribution in [0.1, 0.15) is 42.0 Å². The molecule has 1 saturated heterocycles. The van der Waals surface area contributed by atoms with E-state index >= 15 is 0 Å². The maximum atomic E-state index is 12.8. The van der Waals surface area contributed by atoms with Crippen LogP contribution in [-0.2, 0) is 29.6 Å². The second-order valence-corrected chi connectivity index (χ2v) is 7.11. The molecule has 26 heavy (non-hydrogen) atoms. The highest BCUT2D eigenvalue weighted by atomic mass is 16.4. The Bertz CT molecular complexity index is 742. The van der Waals surface area contributed by atoms with Crippen molar-refractivity contribution >= 4 is 17.8 Å². The van der Waals surface area contributed by atoms with Crippen LogP contribution in [0.5, 0.6) is 0 Å². The molecule has 1 atom stereocenters. The number of carbonyl (C=O) groups excluding carboxylic acids is 2. The number of carbonyl (C=O) groups is 3. The number of hydrogen-bond donors (Lipinski definition) is 2. The third-order valence-corrected chi connectivity index (χ3v) is 5.20. The van der Waals surface area contributed by atoms with Crippen molar-refractivity contribution in [2.45, 2.75) is 45.3 Å². The van der Waals surface area contributed by atoms with E-state index in [-0.39, 0.29) is 36.5 Å². The lowest BCUT2D eigenvalue weighted by Gasteiger charge is -2.38. The molecule has 3 rings (SSSR count).